The number of carbonyl (C=O) groups is 2. The van der Waals surface area contributed by atoms with E-state index >= 15 is 0 Å². The van der Waals surface area contributed by atoms with E-state index in [1.54, 1.807) is 4.90 Å². The molecule has 0 aromatic heterocycles. The van der Waals surface area contributed by atoms with E-state index < -0.39 is 5.60 Å². The fourth-order valence-corrected chi connectivity index (χ4v) is 3.60. The lowest BCUT2D eigenvalue weighted by molar-refractivity contribution is -0.122. The summed E-state index contributed by atoms with van der Waals surface area (Å²) in [5.41, 5.74) is -0.483. The molecule has 2 amide bonds. The van der Waals surface area contributed by atoms with E-state index in [0.717, 1.165) is 24.0 Å². The Kier molecular flexibility index (Phi) is 7.19. The Bertz CT molecular complexity index is 867. The van der Waals surface area contributed by atoms with Crippen LogP contribution in [0.3, 0.4) is 0 Å². The highest BCUT2D eigenvalue weighted by molar-refractivity contribution is 5.83. The average molecular weight is 413 g/mol. The summed E-state index contributed by atoms with van der Waals surface area (Å²) in [5.74, 6) is 1.13. The summed E-state index contributed by atoms with van der Waals surface area (Å²) in [6.07, 6.45) is 1.86. The number of fused-ring (bicyclic) bond motifs is 1. The van der Waals surface area contributed by atoms with Gasteiger partial charge in [0.25, 0.3) is 0 Å². The topological polar surface area (TPSA) is 67.9 Å². The molecule has 6 heteroatoms. The zero-order valence-corrected chi connectivity index (χ0v) is 18.1. The lowest BCUT2D eigenvalue weighted by Gasteiger charge is -2.33. The second-order valence-electron chi connectivity index (χ2n) is 8.82. The fraction of sp³-hybridized carbons (Fsp3) is 0.500. The van der Waals surface area contributed by atoms with Gasteiger partial charge in [-0.2, -0.15) is 0 Å². The molecule has 3 rings (SSSR count). The third-order valence-corrected chi connectivity index (χ3v) is 5.15. The number of carbonyl (C=O) groups excluding carboxylic acids is 2. The molecule has 2 aromatic rings. The Morgan fingerprint density at radius 2 is 1.77 bits per heavy atom. The lowest BCUT2D eigenvalue weighted by Crippen LogP contribution is -2.42. The SMILES string of the molecule is CC(C)(C)OC(=O)N1CCC(CC(=O)NCCOc2ccc3ccccc3c2)CC1. The molecule has 1 N–H and O–H groups in total. The van der Waals surface area contributed by atoms with Crippen molar-refractivity contribution in [3.8, 4) is 5.75 Å². The number of nitrogens with zero attached hydrogens (tertiary/aromatic N) is 1. The van der Waals surface area contributed by atoms with Gasteiger partial charge in [0, 0.05) is 19.5 Å². The van der Waals surface area contributed by atoms with Gasteiger partial charge in [-0.25, -0.2) is 4.79 Å². The molecule has 0 atom stereocenters. The summed E-state index contributed by atoms with van der Waals surface area (Å²) in [6.45, 7) is 7.78. The van der Waals surface area contributed by atoms with Gasteiger partial charge in [0.15, 0.2) is 0 Å². The van der Waals surface area contributed by atoms with E-state index in [0.29, 0.717) is 38.6 Å². The van der Waals surface area contributed by atoms with Crippen molar-refractivity contribution in [2.45, 2.75) is 45.6 Å². The Morgan fingerprint density at radius 3 is 2.47 bits per heavy atom. The lowest BCUT2D eigenvalue weighted by atomic mass is 9.93. The van der Waals surface area contributed by atoms with Crippen LogP contribution in [0.4, 0.5) is 4.79 Å². The van der Waals surface area contributed by atoms with Gasteiger partial charge < -0.3 is 19.7 Å². The van der Waals surface area contributed by atoms with Crippen LogP contribution in [0.25, 0.3) is 10.8 Å². The molecular formula is C24H32N2O4. The van der Waals surface area contributed by atoms with Gasteiger partial charge in [-0.1, -0.05) is 30.3 Å². The number of hydrogen-bond acceptors (Lipinski definition) is 4. The highest BCUT2D eigenvalue weighted by Gasteiger charge is 2.27. The zero-order chi connectivity index (χ0) is 21.6. The fourth-order valence-electron chi connectivity index (χ4n) is 3.60. The van der Waals surface area contributed by atoms with Crippen LogP contribution in [0.15, 0.2) is 42.5 Å². The Morgan fingerprint density at radius 1 is 1.07 bits per heavy atom. The predicted octanol–water partition coefficient (Wildman–Crippen LogP) is 4.37. The molecule has 1 fully saturated rings. The van der Waals surface area contributed by atoms with Crippen LogP contribution in [0.1, 0.15) is 40.0 Å². The van der Waals surface area contributed by atoms with E-state index in [2.05, 4.69) is 17.4 Å². The third-order valence-electron chi connectivity index (χ3n) is 5.15. The largest absolute Gasteiger partial charge is 0.492 e. The molecular weight excluding hydrogens is 380 g/mol. The molecule has 6 nitrogen and oxygen atoms in total. The first kappa shape index (κ1) is 21.9. The van der Waals surface area contributed by atoms with Crippen molar-refractivity contribution < 1.29 is 19.1 Å². The maximum atomic E-state index is 12.2. The predicted molar refractivity (Wildman–Crippen MR) is 118 cm³/mol. The second-order valence-corrected chi connectivity index (χ2v) is 8.82. The molecule has 0 aliphatic carbocycles. The van der Waals surface area contributed by atoms with Crippen molar-refractivity contribution >= 4 is 22.8 Å². The number of nitrogens with one attached hydrogen (secondary N) is 1. The second kappa shape index (κ2) is 9.83. The quantitative estimate of drug-likeness (QED) is 0.716. The number of amides is 2. The first-order valence-corrected chi connectivity index (χ1v) is 10.7. The molecule has 0 saturated carbocycles. The molecule has 0 bridgehead atoms. The number of rotatable bonds is 6. The maximum absolute atomic E-state index is 12.2. The van der Waals surface area contributed by atoms with Crippen LogP contribution in [0.2, 0.25) is 0 Å². The smallest absolute Gasteiger partial charge is 0.410 e. The van der Waals surface area contributed by atoms with Gasteiger partial charge in [-0.15, -0.1) is 0 Å². The van der Waals surface area contributed by atoms with Crippen LogP contribution in [-0.2, 0) is 9.53 Å². The van der Waals surface area contributed by atoms with E-state index in [9.17, 15) is 9.59 Å². The first-order valence-electron chi connectivity index (χ1n) is 10.7. The Balaban J connectivity index is 1.33. The van der Waals surface area contributed by atoms with Crippen molar-refractivity contribution in [3.05, 3.63) is 42.5 Å². The molecule has 1 heterocycles. The highest BCUT2D eigenvalue weighted by Crippen LogP contribution is 2.22. The number of hydrogen-bond donors (Lipinski definition) is 1. The van der Waals surface area contributed by atoms with Crippen molar-refractivity contribution in [2.24, 2.45) is 5.92 Å². The molecule has 1 aliphatic heterocycles. The van der Waals surface area contributed by atoms with Crippen LogP contribution < -0.4 is 10.1 Å². The third kappa shape index (κ3) is 6.65. The maximum Gasteiger partial charge on any atom is 0.410 e. The summed E-state index contributed by atoms with van der Waals surface area (Å²) in [6, 6.07) is 14.1. The molecule has 0 radical (unpaired) electrons. The summed E-state index contributed by atoms with van der Waals surface area (Å²) in [7, 11) is 0. The van der Waals surface area contributed by atoms with E-state index in [1.165, 1.54) is 5.39 Å². The van der Waals surface area contributed by atoms with Crippen LogP contribution in [0, 0.1) is 5.92 Å². The molecule has 162 valence electrons. The first-order chi connectivity index (χ1) is 14.3. The number of likely N-dealkylation sites (tertiary alicyclic amines) is 1. The number of benzene rings is 2. The van der Waals surface area contributed by atoms with E-state index in [-0.39, 0.29) is 12.0 Å². The average Bonchev–Trinajstić information content (AvgIpc) is 2.70. The van der Waals surface area contributed by atoms with Gasteiger partial charge in [-0.05, 0) is 62.4 Å². The standard InChI is InChI=1S/C24H32N2O4/c1-24(2,3)30-23(28)26-13-10-18(11-14-26)16-22(27)25-12-15-29-21-9-8-19-6-4-5-7-20(19)17-21/h4-9,17-18H,10-16H2,1-3H3,(H,25,27). The molecule has 2 aromatic carbocycles. The highest BCUT2D eigenvalue weighted by atomic mass is 16.6. The Labute approximate surface area is 178 Å². The monoisotopic (exact) mass is 412 g/mol. The van der Waals surface area contributed by atoms with Crippen molar-refractivity contribution in [2.75, 3.05) is 26.2 Å². The van der Waals surface area contributed by atoms with Crippen molar-refractivity contribution in [1.29, 1.82) is 0 Å². The summed E-state index contributed by atoms with van der Waals surface area (Å²) in [5, 5.41) is 5.25. The van der Waals surface area contributed by atoms with Gasteiger partial charge in [0.05, 0.1) is 6.54 Å². The van der Waals surface area contributed by atoms with Crippen LogP contribution in [-0.4, -0.2) is 48.7 Å². The number of piperidine rings is 1. The zero-order valence-electron chi connectivity index (χ0n) is 18.1. The number of ether oxygens (including phenoxy) is 2. The van der Waals surface area contributed by atoms with Crippen LogP contribution in [0.5, 0.6) is 5.75 Å². The van der Waals surface area contributed by atoms with Crippen molar-refractivity contribution in [1.82, 2.24) is 10.2 Å². The minimum absolute atomic E-state index is 0.0350. The van der Waals surface area contributed by atoms with Gasteiger partial charge in [0.2, 0.25) is 5.91 Å². The van der Waals surface area contributed by atoms with Crippen LogP contribution >= 0.6 is 0 Å². The van der Waals surface area contributed by atoms with E-state index in [1.807, 2.05) is 51.1 Å². The minimum Gasteiger partial charge on any atom is -0.492 e. The Hall–Kier alpha value is -2.76. The van der Waals surface area contributed by atoms with E-state index in [4.69, 9.17) is 9.47 Å². The minimum atomic E-state index is -0.483. The summed E-state index contributed by atoms with van der Waals surface area (Å²) in [4.78, 5) is 26.1. The van der Waals surface area contributed by atoms with Gasteiger partial charge in [0.1, 0.15) is 18.0 Å². The molecule has 1 saturated heterocycles. The molecule has 30 heavy (non-hydrogen) atoms. The van der Waals surface area contributed by atoms with Gasteiger partial charge in [-0.3, -0.25) is 4.79 Å². The van der Waals surface area contributed by atoms with Crippen molar-refractivity contribution in [3.63, 3.8) is 0 Å². The molecule has 0 spiro atoms. The molecule has 0 unspecified atom stereocenters. The molecule has 1 aliphatic rings. The summed E-state index contributed by atoms with van der Waals surface area (Å²) >= 11 is 0. The normalized spacial score (nSPS) is 15.1. The summed E-state index contributed by atoms with van der Waals surface area (Å²) < 4.78 is 11.2. The van der Waals surface area contributed by atoms with Gasteiger partial charge >= 0.3 is 6.09 Å².